The van der Waals surface area contributed by atoms with Crippen molar-refractivity contribution in [3.63, 3.8) is 0 Å². The molecule has 294 valence electrons. The van der Waals surface area contributed by atoms with E-state index < -0.39 is 18.1 Å². The number of benzene rings is 5. The Kier molecular flexibility index (Phi) is 17.1. The summed E-state index contributed by atoms with van der Waals surface area (Å²) >= 11 is 1.56. The molecule has 57 heavy (non-hydrogen) atoms. The molecule has 0 radical (unpaired) electrons. The number of nitrogens with one attached hydrogen (secondary N) is 2. The molecular weight excluding hydrogens is 735 g/mol. The molecule has 9 nitrogen and oxygen atoms in total. The summed E-state index contributed by atoms with van der Waals surface area (Å²) in [6.07, 6.45) is 6.62. The fourth-order valence-electron chi connectivity index (χ4n) is 6.09. The number of nitrogens with zero attached hydrogens (tertiary/aromatic N) is 1. The van der Waals surface area contributed by atoms with Crippen molar-refractivity contribution < 1.29 is 29.4 Å². The highest BCUT2D eigenvalue weighted by Crippen LogP contribution is 2.40. The second-order valence-corrected chi connectivity index (χ2v) is 14.1. The van der Waals surface area contributed by atoms with Crippen LogP contribution in [0.15, 0.2) is 170 Å². The predicted octanol–water partition coefficient (Wildman–Crippen LogP) is 7.63. The summed E-state index contributed by atoms with van der Waals surface area (Å²) < 4.78 is 2.30. The SMILES string of the molecule is CC(=O)C(CO)NC(=O)c1ccccc1.CSCCC(NC(=O)c1ccc(C)cc1)C(=O)O.c1ccc(C(c2ccccc2)(c2ccccc2)n2cccc2)cc1. The first-order valence-electron chi connectivity index (χ1n) is 18.5. The number of hydrogen-bond acceptors (Lipinski definition) is 6. The molecule has 0 fully saturated rings. The van der Waals surface area contributed by atoms with Gasteiger partial charge < -0.3 is 25.4 Å². The van der Waals surface area contributed by atoms with Gasteiger partial charge in [0.25, 0.3) is 11.8 Å². The van der Waals surface area contributed by atoms with Gasteiger partial charge in [-0.15, -0.1) is 0 Å². The Balaban J connectivity index is 0.000000196. The normalized spacial score (nSPS) is 11.6. The molecule has 0 saturated carbocycles. The van der Waals surface area contributed by atoms with Crippen LogP contribution in [0.5, 0.6) is 0 Å². The molecule has 2 atom stereocenters. The summed E-state index contributed by atoms with van der Waals surface area (Å²) in [5.74, 6) is -1.26. The van der Waals surface area contributed by atoms with Crippen molar-refractivity contribution in [2.75, 3.05) is 18.6 Å². The highest BCUT2D eigenvalue weighted by atomic mass is 32.2. The Morgan fingerprint density at radius 1 is 0.614 bits per heavy atom. The van der Waals surface area contributed by atoms with Gasteiger partial charge in [-0.25, -0.2) is 4.79 Å². The van der Waals surface area contributed by atoms with Gasteiger partial charge in [0.15, 0.2) is 5.78 Å². The molecular formula is C47H49N3O6S. The van der Waals surface area contributed by atoms with Gasteiger partial charge >= 0.3 is 5.97 Å². The van der Waals surface area contributed by atoms with Crippen molar-refractivity contribution in [3.05, 3.63) is 203 Å². The number of aliphatic hydroxyl groups is 1. The lowest BCUT2D eigenvalue weighted by Gasteiger charge is -2.37. The number of aromatic nitrogens is 1. The highest BCUT2D eigenvalue weighted by Gasteiger charge is 2.37. The zero-order valence-corrected chi connectivity index (χ0v) is 33.1. The summed E-state index contributed by atoms with van der Waals surface area (Å²) in [6.45, 7) is 2.88. The Labute approximate surface area is 338 Å². The maximum absolute atomic E-state index is 11.9. The van der Waals surface area contributed by atoms with Crippen LogP contribution in [0, 0.1) is 6.92 Å². The lowest BCUT2D eigenvalue weighted by Crippen LogP contribution is -2.42. The number of carbonyl (C=O) groups excluding carboxylic acids is 3. The molecule has 0 bridgehead atoms. The van der Waals surface area contributed by atoms with E-state index in [1.807, 2.05) is 25.3 Å². The molecule has 10 heteroatoms. The third-order valence-corrected chi connectivity index (χ3v) is 9.75. The van der Waals surface area contributed by atoms with Gasteiger partial charge in [-0.1, -0.05) is 127 Å². The average molecular weight is 784 g/mol. The van der Waals surface area contributed by atoms with Gasteiger partial charge in [0.1, 0.15) is 17.6 Å². The van der Waals surface area contributed by atoms with Gasteiger partial charge in [-0.3, -0.25) is 14.4 Å². The second-order valence-electron chi connectivity index (χ2n) is 13.1. The molecule has 1 heterocycles. The summed E-state index contributed by atoms with van der Waals surface area (Å²) in [6, 6.07) is 50.2. The monoisotopic (exact) mass is 783 g/mol. The van der Waals surface area contributed by atoms with E-state index in [2.05, 4.69) is 131 Å². The molecule has 4 N–H and O–H groups in total. The molecule has 0 spiro atoms. The van der Waals surface area contributed by atoms with Crippen LogP contribution in [0.25, 0.3) is 0 Å². The van der Waals surface area contributed by atoms with Crippen molar-refractivity contribution in [1.29, 1.82) is 0 Å². The van der Waals surface area contributed by atoms with Crippen molar-refractivity contribution in [3.8, 4) is 0 Å². The number of Topliss-reactive ketones (excluding diaryl/α,β-unsaturated/α-hetero) is 1. The molecule has 0 aliphatic carbocycles. The Bertz CT molecular complexity index is 2020. The second kappa shape index (κ2) is 22.4. The maximum atomic E-state index is 11.9. The number of rotatable bonds is 14. The van der Waals surface area contributed by atoms with Crippen LogP contribution in [0.3, 0.4) is 0 Å². The average Bonchev–Trinajstić information content (AvgIpc) is 3.79. The van der Waals surface area contributed by atoms with E-state index in [0.717, 1.165) is 5.56 Å². The third-order valence-electron chi connectivity index (χ3n) is 9.11. The number of carboxylic acids is 1. The highest BCUT2D eigenvalue weighted by molar-refractivity contribution is 7.98. The van der Waals surface area contributed by atoms with E-state index in [1.165, 1.54) is 23.6 Å². The Morgan fingerprint density at radius 2 is 1.02 bits per heavy atom. The topological polar surface area (TPSA) is 138 Å². The fraction of sp³-hybridized carbons (Fsp3) is 0.191. The van der Waals surface area contributed by atoms with Crippen LogP contribution < -0.4 is 10.6 Å². The largest absolute Gasteiger partial charge is 0.480 e. The molecule has 6 aromatic rings. The van der Waals surface area contributed by atoms with Crippen LogP contribution in [0.1, 0.15) is 56.3 Å². The van der Waals surface area contributed by atoms with Gasteiger partial charge in [-0.05, 0) is 85.4 Å². The van der Waals surface area contributed by atoms with Crippen molar-refractivity contribution in [2.45, 2.75) is 37.9 Å². The predicted molar refractivity (Wildman–Crippen MR) is 228 cm³/mol. The van der Waals surface area contributed by atoms with E-state index in [4.69, 9.17) is 10.2 Å². The molecule has 0 saturated heterocycles. The number of carboxylic acid groups (broad SMARTS) is 1. The molecule has 6 rings (SSSR count). The number of aliphatic hydroxyl groups excluding tert-OH is 1. The van der Waals surface area contributed by atoms with Crippen LogP contribution in [0.4, 0.5) is 0 Å². The van der Waals surface area contributed by atoms with Crippen molar-refractivity contribution in [1.82, 2.24) is 15.2 Å². The summed E-state index contributed by atoms with van der Waals surface area (Å²) in [4.78, 5) is 45.4. The molecule has 5 aromatic carbocycles. The lowest BCUT2D eigenvalue weighted by atomic mass is 9.77. The van der Waals surface area contributed by atoms with Gasteiger partial charge in [0.05, 0.1) is 6.61 Å². The minimum Gasteiger partial charge on any atom is -0.480 e. The van der Waals surface area contributed by atoms with Gasteiger partial charge in [0.2, 0.25) is 0 Å². The fourth-order valence-corrected chi connectivity index (χ4v) is 6.56. The quantitative estimate of drug-likeness (QED) is 0.0835. The van der Waals surface area contributed by atoms with Gasteiger partial charge in [0, 0.05) is 23.5 Å². The molecule has 0 aliphatic rings. The first kappa shape index (κ1) is 43.5. The first-order valence-corrected chi connectivity index (χ1v) is 19.9. The number of amides is 2. The lowest BCUT2D eigenvalue weighted by molar-refractivity contribution is -0.139. The first-order chi connectivity index (χ1) is 27.6. The zero-order valence-electron chi connectivity index (χ0n) is 32.3. The number of carbonyl (C=O) groups is 4. The Hall–Kier alpha value is -6.23. The number of aryl methyl sites for hydroxylation is 1. The van der Waals surface area contributed by atoms with Crippen molar-refractivity contribution in [2.24, 2.45) is 0 Å². The smallest absolute Gasteiger partial charge is 0.326 e. The van der Waals surface area contributed by atoms with Crippen molar-refractivity contribution >= 4 is 35.3 Å². The number of ketones is 1. The minimum atomic E-state index is -0.996. The zero-order chi connectivity index (χ0) is 41.0. The molecule has 2 unspecified atom stereocenters. The van der Waals surface area contributed by atoms with E-state index in [1.54, 1.807) is 54.2 Å². The van der Waals surface area contributed by atoms with Crippen LogP contribution in [0.2, 0.25) is 0 Å². The van der Waals surface area contributed by atoms with Crippen LogP contribution >= 0.6 is 11.8 Å². The third kappa shape index (κ3) is 12.1. The number of thioether (sulfide) groups is 1. The van der Waals surface area contributed by atoms with E-state index in [9.17, 15) is 19.2 Å². The maximum Gasteiger partial charge on any atom is 0.326 e. The number of aliphatic carboxylic acids is 1. The van der Waals surface area contributed by atoms with E-state index in [-0.39, 0.29) is 29.7 Å². The van der Waals surface area contributed by atoms with Gasteiger partial charge in [-0.2, -0.15) is 11.8 Å². The van der Waals surface area contributed by atoms with Crippen LogP contribution in [-0.4, -0.2) is 69.0 Å². The molecule has 0 aliphatic heterocycles. The summed E-state index contributed by atoms with van der Waals surface area (Å²) in [5.41, 5.74) is 5.38. The number of hydrogen-bond donors (Lipinski definition) is 4. The standard InChI is InChI=1S/C23H19N.C13H17NO3S.C11H13NO3/c1-4-12-20(13-5-1)23(24-18-10-11-19-24,21-14-6-2-7-15-21)22-16-8-3-9-17-22;1-9-3-5-10(6-4-9)12(15)14-11(13(16)17)7-8-18-2;1-8(14)10(7-13)12-11(15)9-5-3-2-4-6-9/h1-19H;3-6,11H,7-8H2,1-2H3,(H,14,15)(H,16,17);2-6,10,13H,7H2,1H3,(H,12,15). The summed E-state index contributed by atoms with van der Waals surface area (Å²) in [5, 5.41) is 22.9. The summed E-state index contributed by atoms with van der Waals surface area (Å²) in [7, 11) is 0. The molecule has 2 amide bonds. The minimum absolute atomic E-state index is 0.262. The van der Waals surface area contributed by atoms with Crippen LogP contribution in [-0.2, 0) is 15.1 Å². The molecule has 1 aromatic heterocycles. The Morgan fingerprint density at radius 3 is 1.40 bits per heavy atom. The van der Waals surface area contributed by atoms with E-state index >= 15 is 0 Å². The van der Waals surface area contributed by atoms with E-state index in [0.29, 0.717) is 23.3 Å².